The third-order valence-corrected chi connectivity index (χ3v) is 3.53. The lowest BCUT2D eigenvalue weighted by molar-refractivity contribution is -0.143. The van der Waals surface area contributed by atoms with Crippen LogP contribution in [0.2, 0.25) is 0 Å². The number of rotatable bonds is 11. The van der Waals surface area contributed by atoms with E-state index in [1.54, 1.807) is 11.8 Å². The third kappa shape index (κ3) is 7.48. The number of nitrogens with zero attached hydrogens (tertiary/aromatic N) is 2. The lowest BCUT2D eigenvalue weighted by atomic mass is 10.1. The molecule has 0 fully saturated rings. The van der Waals surface area contributed by atoms with E-state index in [9.17, 15) is 9.59 Å². The number of aliphatic carboxylic acids is 1. The average molecular weight is 286 g/mol. The molecule has 0 saturated heterocycles. The highest BCUT2D eigenvalue weighted by Crippen LogP contribution is 2.06. The summed E-state index contributed by atoms with van der Waals surface area (Å²) in [5.41, 5.74) is 0. The van der Waals surface area contributed by atoms with E-state index >= 15 is 0 Å². The van der Waals surface area contributed by atoms with Gasteiger partial charge in [-0.25, -0.2) is 0 Å². The molecule has 118 valence electrons. The van der Waals surface area contributed by atoms with Crippen molar-refractivity contribution in [3.63, 3.8) is 0 Å². The predicted octanol–water partition coefficient (Wildman–Crippen LogP) is 2.07. The van der Waals surface area contributed by atoms with Crippen molar-refractivity contribution in [1.29, 1.82) is 0 Å². The summed E-state index contributed by atoms with van der Waals surface area (Å²) in [5.74, 6) is -1.28. The standard InChI is InChI=1S/C15H30N2O3/c1-5-9-14(18)17(12-13(4)15(19)20)11-8-10-16(6-2)7-3/h13H,5-12H2,1-4H3,(H,19,20). The van der Waals surface area contributed by atoms with E-state index < -0.39 is 11.9 Å². The number of carbonyl (C=O) groups is 2. The summed E-state index contributed by atoms with van der Waals surface area (Å²) in [6.07, 6.45) is 2.19. The molecule has 0 bridgehead atoms. The maximum absolute atomic E-state index is 12.0. The van der Waals surface area contributed by atoms with Crippen molar-refractivity contribution in [3.8, 4) is 0 Å². The first-order valence-electron chi connectivity index (χ1n) is 7.69. The molecule has 1 N–H and O–H groups in total. The van der Waals surface area contributed by atoms with Gasteiger partial charge in [0.15, 0.2) is 0 Å². The number of hydrogen-bond acceptors (Lipinski definition) is 3. The quantitative estimate of drug-likeness (QED) is 0.631. The van der Waals surface area contributed by atoms with Crippen molar-refractivity contribution in [2.24, 2.45) is 5.92 Å². The number of carboxylic acids is 1. The van der Waals surface area contributed by atoms with Gasteiger partial charge in [0.05, 0.1) is 5.92 Å². The molecule has 5 nitrogen and oxygen atoms in total. The second kappa shape index (κ2) is 10.7. The van der Waals surface area contributed by atoms with Gasteiger partial charge in [0.1, 0.15) is 0 Å². The Morgan fingerprint density at radius 2 is 1.70 bits per heavy atom. The first-order chi connectivity index (χ1) is 9.46. The molecular formula is C15H30N2O3. The van der Waals surface area contributed by atoms with E-state index in [0.717, 1.165) is 32.5 Å². The minimum atomic E-state index is -0.844. The first-order valence-corrected chi connectivity index (χ1v) is 7.69. The molecule has 0 rings (SSSR count). The number of carbonyl (C=O) groups excluding carboxylic acids is 1. The second-order valence-electron chi connectivity index (χ2n) is 5.21. The molecule has 0 saturated carbocycles. The highest BCUT2D eigenvalue weighted by Gasteiger charge is 2.19. The third-order valence-electron chi connectivity index (χ3n) is 3.53. The van der Waals surface area contributed by atoms with Gasteiger partial charge >= 0.3 is 5.97 Å². The van der Waals surface area contributed by atoms with Crippen molar-refractivity contribution < 1.29 is 14.7 Å². The number of amides is 1. The minimum absolute atomic E-state index is 0.0696. The maximum atomic E-state index is 12.0. The number of carboxylic acid groups (broad SMARTS) is 1. The van der Waals surface area contributed by atoms with Gasteiger partial charge in [0.2, 0.25) is 5.91 Å². The van der Waals surface area contributed by atoms with Crippen molar-refractivity contribution in [1.82, 2.24) is 9.80 Å². The van der Waals surface area contributed by atoms with Gasteiger partial charge in [-0.15, -0.1) is 0 Å². The van der Waals surface area contributed by atoms with Crippen molar-refractivity contribution in [3.05, 3.63) is 0 Å². The maximum Gasteiger partial charge on any atom is 0.308 e. The summed E-state index contributed by atoms with van der Waals surface area (Å²) in [4.78, 5) is 27.0. The fourth-order valence-electron chi connectivity index (χ4n) is 2.12. The van der Waals surface area contributed by atoms with Crippen LogP contribution in [0.4, 0.5) is 0 Å². The monoisotopic (exact) mass is 286 g/mol. The largest absolute Gasteiger partial charge is 0.481 e. The zero-order valence-corrected chi connectivity index (χ0v) is 13.4. The van der Waals surface area contributed by atoms with E-state index in [0.29, 0.717) is 19.5 Å². The van der Waals surface area contributed by atoms with Crippen molar-refractivity contribution in [2.45, 2.75) is 47.0 Å². The van der Waals surface area contributed by atoms with Crippen LogP contribution in [0.3, 0.4) is 0 Å². The highest BCUT2D eigenvalue weighted by molar-refractivity contribution is 5.77. The van der Waals surface area contributed by atoms with E-state index in [4.69, 9.17) is 5.11 Å². The Kier molecular flexibility index (Phi) is 10.1. The fourth-order valence-corrected chi connectivity index (χ4v) is 2.12. The molecule has 0 aromatic heterocycles. The molecule has 0 radical (unpaired) electrons. The molecule has 1 atom stereocenters. The van der Waals surface area contributed by atoms with Crippen LogP contribution in [0.15, 0.2) is 0 Å². The van der Waals surface area contributed by atoms with Gasteiger partial charge in [-0.2, -0.15) is 0 Å². The molecule has 0 spiro atoms. The van der Waals surface area contributed by atoms with Crippen LogP contribution in [0, 0.1) is 5.92 Å². The Labute approximate surface area is 122 Å². The molecule has 0 heterocycles. The van der Waals surface area contributed by atoms with Crippen molar-refractivity contribution in [2.75, 3.05) is 32.7 Å². The molecule has 0 aromatic carbocycles. The molecule has 5 heteroatoms. The van der Waals surface area contributed by atoms with Crippen LogP contribution >= 0.6 is 0 Å². The Balaban J connectivity index is 4.38. The SMILES string of the molecule is CCCC(=O)N(CCCN(CC)CC)CC(C)C(=O)O. The molecule has 1 unspecified atom stereocenters. The summed E-state index contributed by atoms with van der Waals surface area (Å²) in [6, 6.07) is 0. The van der Waals surface area contributed by atoms with Gasteiger partial charge in [-0.3, -0.25) is 9.59 Å². The molecular weight excluding hydrogens is 256 g/mol. The normalized spacial score (nSPS) is 12.4. The van der Waals surface area contributed by atoms with Crippen LogP contribution in [0.1, 0.15) is 47.0 Å². The van der Waals surface area contributed by atoms with Gasteiger partial charge in [0, 0.05) is 19.5 Å². The highest BCUT2D eigenvalue weighted by atomic mass is 16.4. The fraction of sp³-hybridized carbons (Fsp3) is 0.867. The van der Waals surface area contributed by atoms with E-state index in [-0.39, 0.29) is 5.91 Å². The van der Waals surface area contributed by atoms with E-state index in [2.05, 4.69) is 18.7 Å². The van der Waals surface area contributed by atoms with Crippen LogP contribution in [-0.4, -0.2) is 59.5 Å². The van der Waals surface area contributed by atoms with E-state index in [1.165, 1.54) is 0 Å². The second-order valence-corrected chi connectivity index (χ2v) is 5.21. The van der Waals surface area contributed by atoms with Gasteiger partial charge in [-0.1, -0.05) is 27.7 Å². The van der Waals surface area contributed by atoms with Crippen LogP contribution in [-0.2, 0) is 9.59 Å². The predicted molar refractivity (Wildman–Crippen MR) is 80.7 cm³/mol. The summed E-state index contributed by atoms with van der Waals surface area (Å²) in [5, 5.41) is 8.99. The smallest absolute Gasteiger partial charge is 0.308 e. The molecule has 0 aliphatic rings. The van der Waals surface area contributed by atoms with Crippen LogP contribution < -0.4 is 0 Å². The topological polar surface area (TPSA) is 60.9 Å². The molecule has 1 amide bonds. The lowest BCUT2D eigenvalue weighted by Crippen LogP contribution is -2.38. The van der Waals surface area contributed by atoms with Crippen LogP contribution in [0.25, 0.3) is 0 Å². The Morgan fingerprint density at radius 3 is 2.15 bits per heavy atom. The molecule has 0 aromatic rings. The first kappa shape index (κ1) is 18.9. The zero-order valence-electron chi connectivity index (χ0n) is 13.4. The zero-order chi connectivity index (χ0) is 15.5. The van der Waals surface area contributed by atoms with Gasteiger partial charge in [0.25, 0.3) is 0 Å². The van der Waals surface area contributed by atoms with E-state index in [1.807, 2.05) is 6.92 Å². The summed E-state index contributed by atoms with van der Waals surface area (Å²) >= 11 is 0. The lowest BCUT2D eigenvalue weighted by Gasteiger charge is -2.26. The Morgan fingerprint density at radius 1 is 1.10 bits per heavy atom. The Bertz CT molecular complexity index is 291. The Hall–Kier alpha value is -1.10. The summed E-state index contributed by atoms with van der Waals surface area (Å²) in [7, 11) is 0. The molecule has 0 aliphatic carbocycles. The summed E-state index contributed by atoms with van der Waals surface area (Å²) < 4.78 is 0. The number of hydrogen-bond donors (Lipinski definition) is 1. The van der Waals surface area contributed by atoms with Crippen LogP contribution in [0.5, 0.6) is 0 Å². The van der Waals surface area contributed by atoms with Crippen molar-refractivity contribution >= 4 is 11.9 Å². The van der Waals surface area contributed by atoms with Gasteiger partial charge in [-0.05, 0) is 32.5 Å². The minimum Gasteiger partial charge on any atom is -0.481 e. The molecule has 0 aliphatic heterocycles. The van der Waals surface area contributed by atoms with Gasteiger partial charge < -0.3 is 14.9 Å². The summed E-state index contributed by atoms with van der Waals surface area (Å²) in [6.45, 7) is 11.8. The molecule has 20 heavy (non-hydrogen) atoms. The average Bonchev–Trinajstić information content (AvgIpc) is 2.42.